The molecule has 1 N–H and O–H groups in total. The van der Waals surface area contributed by atoms with Crippen molar-refractivity contribution < 1.29 is 0 Å². The zero-order valence-electron chi connectivity index (χ0n) is 13.3. The van der Waals surface area contributed by atoms with Gasteiger partial charge in [0.15, 0.2) is 0 Å². The van der Waals surface area contributed by atoms with E-state index in [2.05, 4.69) is 63.8 Å². The fraction of sp³-hybridized carbons (Fsp3) is 0.444. The highest BCUT2D eigenvalue weighted by Crippen LogP contribution is 2.19. The third-order valence-electron chi connectivity index (χ3n) is 4.33. The minimum atomic E-state index is 0.995. The Morgan fingerprint density at radius 1 is 1.05 bits per heavy atom. The predicted molar refractivity (Wildman–Crippen MR) is 97.3 cm³/mol. The molecule has 1 saturated heterocycles. The van der Waals surface area contributed by atoms with Crippen molar-refractivity contribution in [2.75, 3.05) is 49.5 Å². The molecule has 1 aliphatic heterocycles. The van der Waals surface area contributed by atoms with Gasteiger partial charge in [-0.25, -0.2) is 0 Å². The summed E-state index contributed by atoms with van der Waals surface area (Å²) in [7, 11) is 0. The quantitative estimate of drug-likeness (QED) is 0.879. The van der Waals surface area contributed by atoms with Crippen LogP contribution < -0.4 is 10.2 Å². The second kappa shape index (κ2) is 7.65. The smallest absolute Gasteiger partial charge is 0.0368 e. The number of piperazine rings is 1. The summed E-state index contributed by atoms with van der Waals surface area (Å²) in [6.45, 7) is 9.04. The van der Waals surface area contributed by atoms with E-state index in [9.17, 15) is 0 Å². The first-order chi connectivity index (χ1) is 10.8. The van der Waals surface area contributed by atoms with E-state index < -0.39 is 0 Å². The van der Waals surface area contributed by atoms with Gasteiger partial charge in [0, 0.05) is 49.0 Å². The van der Waals surface area contributed by atoms with Gasteiger partial charge >= 0.3 is 0 Å². The summed E-state index contributed by atoms with van der Waals surface area (Å²) in [4.78, 5) is 6.44. The average Bonchev–Trinajstić information content (AvgIpc) is 3.09. The molecule has 0 spiro atoms. The molecular formula is C18H25N3S. The van der Waals surface area contributed by atoms with Crippen LogP contribution in [0.3, 0.4) is 0 Å². The molecule has 0 unspecified atom stereocenters. The molecule has 0 bridgehead atoms. The SMILES string of the molecule is CCN1CCN(c2ccc(NCCc3cccs3)cc2)CC1. The van der Waals surface area contributed by atoms with Crippen molar-refractivity contribution in [1.29, 1.82) is 0 Å². The van der Waals surface area contributed by atoms with Crippen LogP contribution in [0.15, 0.2) is 41.8 Å². The molecule has 0 aliphatic carbocycles. The van der Waals surface area contributed by atoms with Crippen LogP contribution in [-0.4, -0.2) is 44.2 Å². The van der Waals surface area contributed by atoms with Crippen LogP contribution in [-0.2, 0) is 6.42 Å². The molecule has 2 heterocycles. The zero-order valence-corrected chi connectivity index (χ0v) is 14.1. The maximum Gasteiger partial charge on any atom is 0.0368 e. The van der Waals surface area contributed by atoms with Gasteiger partial charge in [0.2, 0.25) is 0 Å². The number of hydrogen-bond acceptors (Lipinski definition) is 4. The van der Waals surface area contributed by atoms with Crippen molar-refractivity contribution in [2.24, 2.45) is 0 Å². The molecule has 3 rings (SSSR count). The molecule has 0 saturated carbocycles. The Bertz CT molecular complexity index is 542. The van der Waals surface area contributed by atoms with Crippen molar-refractivity contribution in [3.8, 4) is 0 Å². The van der Waals surface area contributed by atoms with E-state index in [1.165, 1.54) is 35.9 Å². The van der Waals surface area contributed by atoms with Gasteiger partial charge in [0.05, 0.1) is 0 Å². The maximum atomic E-state index is 3.51. The normalized spacial score (nSPS) is 16.0. The van der Waals surface area contributed by atoms with E-state index in [4.69, 9.17) is 0 Å². The first-order valence-corrected chi connectivity index (χ1v) is 9.07. The first kappa shape index (κ1) is 15.4. The van der Waals surface area contributed by atoms with Crippen LogP contribution >= 0.6 is 11.3 Å². The Hall–Kier alpha value is -1.52. The lowest BCUT2D eigenvalue weighted by molar-refractivity contribution is 0.271. The van der Waals surface area contributed by atoms with Crippen LogP contribution in [0.25, 0.3) is 0 Å². The molecular weight excluding hydrogens is 290 g/mol. The summed E-state index contributed by atoms with van der Waals surface area (Å²) in [5.74, 6) is 0. The molecule has 1 aromatic heterocycles. The van der Waals surface area contributed by atoms with Crippen LogP contribution in [0.2, 0.25) is 0 Å². The third-order valence-corrected chi connectivity index (χ3v) is 5.27. The molecule has 1 aliphatic rings. The van der Waals surface area contributed by atoms with E-state index in [-0.39, 0.29) is 0 Å². The van der Waals surface area contributed by atoms with E-state index in [1.807, 2.05) is 11.3 Å². The Kier molecular flexibility index (Phi) is 5.35. The van der Waals surface area contributed by atoms with E-state index in [1.54, 1.807) is 0 Å². The van der Waals surface area contributed by atoms with Gasteiger partial charge in [-0.2, -0.15) is 0 Å². The number of thiophene rings is 1. The van der Waals surface area contributed by atoms with Gasteiger partial charge in [0.1, 0.15) is 0 Å². The summed E-state index contributed by atoms with van der Waals surface area (Å²) in [5, 5.41) is 5.65. The number of nitrogens with one attached hydrogen (secondary N) is 1. The van der Waals surface area contributed by atoms with Gasteiger partial charge in [0.25, 0.3) is 0 Å². The minimum Gasteiger partial charge on any atom is -0.385 e. The van der Waals surface area contributed by atoms with Gasteiger partial charge in [-0.05, 0) is 48.7 Å². The minimum absolute atomic E-state index is 0.995. The Balaban J connectivity index is 1.48. The number of rotatable bonds is 6. The number of anilines is 2. The fourth-order valence-electron chi connectivity index (χ4n) is 2.90. The van der Waals surface area contributed by atoms with Crippen LogP contribution in [0.4, 0.5) is 11.4 Å². The lowest BCUT2D eigenvalue weighted by Crippen LogP contribution is -2.46. The van der Waals surface area contributed by atoms with Gasteiger partial charge in [-0.3, -0.25) is 0 Å². The van der Waals surface area contributed by atoms with Crippen molar-refractivity contribution in [1.82, 2.24) is 4.90 Å². The zero-order chi connectivity index (χ0) is 15.2. The lowest BCUT2D eigenvalue weighted by Gasteiger charge is -2.35. The summed E-state index contributed by atoms with van der Waals surface area (Å²) < 4.78 is 0. The topological polar surface area (TPSA) is 18.5 Å². The second-order valence-electron chi connectivity index (χ2n) is 5.72. The highest BCUT2D eigenvalue weighted by molar-refractivity contribution is 7.09. The molecule has 1 aromatic carbocycles. The van der Waals surface area contributed by atoms with Crippen molar-refractivity contribution in [3.05, 3.63) is 46.7 Å². The van der Waals surface area contributed by atoms with E-state index in [0.29, 0.717) is 0 Å². The highest BCUT2D eigenvalue weighted by Gasteiger charge is 2.15. The molecule has 4 heteroatoms. The number of hydrogen-bond donors (Lipinski definition) is 1. The summed E-state index contributed by atoms with van der Waals surface area (Å²) >= 11 is 1.83. The van der Waals surface area contributed by atoms with E-state index in [0.717, 1.165) is 26.1 Å². The lowest BCUT2D eigenvalue weighted by atomic mass is 10.2. The highest BCUT2D eigenvalue weighted by atomic mass is 32.1. The van der Waals surface area contributed by atoms with Gasteiger partial charge in [-0.1, -0.05) is 13.0 Å². The molecule has 118 valence electrons. The molecule has 0 amide bonds. The largest absolute Gasteiger partial charge is 0.385 e. The second-order valence-corrected chi connectivity index (χ2v) is 6.76. The van der Waals surface area contributed by atoms with Gasteiger partial charge in [-0.15, -0.1) is 11.3 Å². The van der Waals surface area contributed by atoms with Crippen molar-refractivity contribution in [2.45, 2.75) is 13.3 Å². The first-order valence-electron chi connectivity index (χ1n) is 8.19. The molecule has 2 aromatic rings. The van der Waals surface area contributed by atoms with Gasteiger partial charge < -0.3 is 15.1 Å². The number of benzene rings is 1. The fourth-order valence-corrected chi connectivity index (χ4v) is 3.61. The van der Waals surface area contributed by atoms with E-state index >= 15 is 0 Å². The van der Waals surface area contributed by atoms with Crippen LogP contribution in [0.5, 0.6) is 0 Å². The maximum absolute atomic E-state index is 3.51. The summed E-state index contributed by atoms with van der Waals surface area (Å²) in [5.41, 5.74) is 2.56. The average molecular weight is 315 g/mol. The summed E-state index contributed by atoms with van der Waals surface area (Å²) in [6, 6.07) is 13.2. The van der Waals surface area contributed by atoms with Crippen LogP contribution in [0, 0.1) is 0 Å². The monoisotopic (exact) mass is 315 g/mol. The third kappa shape index (κ3) is 4.02. The standard InChI is InChI=1S/C18H25N3S/c1-2-20-11-13-21(14-12-20)17-7-5-16(6-8-17)19-10-9-18-4-3-15-22-18/h3-8,15,19H,2,9-14H2,1H3. The van der Waals surface area contributed by atoms with Crippen molar-refractivity contribution >= 4 is 22.7 Å². The molecule has 22 heavy (non-hydrogen) atoms. The molecule has 1 fully saturated rings. The predicted octanol–water partition coefficient (Wildman–Crippen LogP) is 3.54. The van der Waals surface area contributed by atoms with Crippen LogP contribution in [0.1, 0.15) is 11.8 Å². The molecule has 0 radical (unpaired) electrons. The van der Waals surface area contributed by atoms with Crippen molar-refractivity contribution in [3.63, 3.8) is 0 Å². The molecule has 3 nitrogen and oxygen atoms in total. The Morgan fingerprint density at radius 3 is 2.45 bits per heavy atom. The Labute approximate surface area is 137 Å². The Morgan fingerprint density at radius 2 is 1.82 bits per heavy atom. The number of likely N-dealkylation sites (N-methyl/N-ethyl adjacent to an activating group) is 1. The number of nitrogens with zero attached hydrogens (tertiary/aromatic N) is 2. The summed E-state index contributed by atoms with van der Waals surface area (Å²) in [6.07, 6.45) is 1.10. The molecule has 0 atom stereocenters.